The normalized spacial score (nSPS) is 10.2. The van der Waals surface area contributed by atoms with Gasteiger partial charge in [-0.1, -0.05) is 36.4 Å². The first-order valence-electron chi connectivity index (χ1n) is 6.43. The molecule has 2 aromatic rings. The summed E-state index contributed by atoms with van der Waals surface area (Å²) in [6, 6.07) is 21.8. The van der Waals surface area contributed by atoms with E-state index in [0.29, 0.717) is 12.9 Å². The van der Waals surface area contributed by atoms with E-state index in [-0.39, 0.29) is 0 Å². The Morgan fingerprint density at radius 2 is 1.25 bits per heavy atom. The van der Waals surface area contributed by atoms with Crippen LogP contribution in [0.1, 0.15) is 12.8 Å². The molecule has 0 aromatic heterocycles. The van der Waals surface area contributed by atoms with E-state index in [1.807, 2.05) is 0 Å². The van der Waals surface area contributed by atoms with Gasteiger partial charge in [-0.25, -0.2) is 0 Å². The Hall–Kier alpha value is -0.0435. The maximum absolute atomic E-state index is 4.73. The topological polar surface area (TPSA) is 0 Å². The van der Waals surface area contributed by atoms with Crippen LogP contribution < -0.4 is 10.6 Å². The van der Waals surface area contributed by atoms with Gasteiger partial charge in [-0.05, 0) is 30.7 Å². The van der Waals surface area contributed by atoms with Crippen LogP contribution in [-0.4, -0.2) is 6.16 Å². The van der Waals surface area contributed by atoms with Crippen LogP contribution in [0.4, 0.5) is 0 Å². The van der Waals surface area contributed by atoms with Gasteiger partial charge in [-0.3, -0.25) is 0 Å². The molecule has 0 heterocycles. The molecule has 0 aliphatic rings. The van der Waals surface area contributed by atoms with Gasteiger partial charge in [0.2, 0.25) is 0 Å². The summed E-state index contributed by atoms with van der Waals surface area (Å²) in [7, 11) is 8.86. The number of halogens is 2. The van der Waals surface area contributed by atoms with Crippen LogP contribution in [-0.2, 0) is 12.9 Å². The standard InChI is InChI=1S/C16H18P.2ClH.Co/c1-2-3-14-17(15-10-6-4-7-11-15)16-12-8-5-9-13-16;;;/h4-13H,1-3,14H2;2*1H;/q-1;;;+3/p-1. The molecule has 0 radical (unpaired) electrons. The Bertz CT molecular complexity index is 411. The van der Waals surface area contributed by atoms with Gasteiger partial charge < -0.3 is 6.92 Å². The van der Waals surface area contributed by atoms with Crippen molar-refractivity contribution in [3.63, 3.8) is 0 Å². The van der Waals surface area contributed by atoms with Crippen molar-refractivity contribution in [3.8, 4) is 0 Å². The summed E-state index contributed by atoms with van der Waals surface area (Å²) in [6.45, 7) is 3.96. The molecule has 0 amide bonds. The third kappa shape index (κ3) is 6.61. The van der Waals surface area contributed by atoms with E-state index in [1.54, 1.807) is 0 Å². The van der Waals surface area contributed by atoms with Crippen molar-refractivity contribution in [3.05, 3.63) is 67.6 Å². The minimum atomic E-state index is -0.602. The quantitative estimate of drug-likeness (QED) is 0.521. The Balaban J connectivity index is 0.000000612. The molecule has 0 aliphatic carbocycles. The fraction of sp³-hybridized carbons (Fsp3) is 0.188. The average Bonchev–Trinajstić information content (AvgIpc) is 2.51. The third-order valence-corrected chi connectivity index (χ3v) is 5.84. The van der Waals surface area contributed by atoms with Crippen LogP contribution in [0.5, 0.6) is 0 Å². The van der Waals surface area contributed by atoms with Crippen LogP contribution in [0, 0.1) is 6.92 Å². The first kappa shape index (κ1) is 18.0. The molecule has 0 saturated heterocycles. The molecule has 0 fully saturated rings. The fourth-order valence-corrected chi connectivity index (χ4v) is 4.74. The molecular formula is C16H19Cl2CoP+. The number of rotatable bonds is 5. The molecule has 0 bridgehead atoms. The number of hydrogen-bond donors (Lipinski definition) is 0. The first-order valence-corrected chi connectivity index (χ1v) is 11.0. The van der Waals surface area contributed by atoms with Crippen molar-refractivity contribution < 1.29 is 12.9 Å². The number of unbranched alkanes of at least 4 members (excludes halogenated alkanes) is 1. The third-order valence-electron chi connectivity index (χ3n) is 2.92. The van der Waals surface area contributed by atoms with Gasteiger partial charge in [0.1, 0.15) is 0 Å². The van der Waals surface area contributed by atoms with Gasteiger partial charge in [-0.2, -0.15) is 6.42 Å². The maximum atomic E-state index is 4.73. The van der Waals surface area contributed by atoms with Crippen molar-refractivity contribution >= 4 is 38.8 Å². The van der Waals surface area contributed by atoms with E-state index in [0.717, 1.165) is 6.42 Å². The van der Waals surface area contributed by atoms with Crippen LogP contribution in [0.25, 0.3) is 0 Å². The van der Waals surface area contributed by atoms with E-state index < -0.39 is 7.92 Å². The van der Waals surface area contributed by atoms with Gasteiger partial charge in [0.05, 0.1) is 24.7 Å². The molecule has 2 rings (SSSR count). The monoisotopic (exact) mass is 371 g/mol. The Morgan fingerprint density at radius 3 is 1.60 bits per heavy atom. The molecule has 2 aromatic carbocycles. The summed E-state index contributed by atoms with van der Waals surface area (Å²) < 4.78 is 0. The molecule has 0 unspecified atom stereocenters. The van der Waals surface area contributed by atoms with E-state index in [9.17, 15) is 0 Å². The molecule has 0 atom stereocenters. The van der Waals surface area contributed by atoms with Gasteiger partial charge in [0, 0.05) is 0 Å². The van der Waals surface area contributed by atoms with E-state index in [1.165, 1.54) is 23.2 Å². The van der Waals surface area contributed by atoms with Crippen LogP contribution in [0.15, 0.2) is 60.7 Å². The molecule has 0 N–H and O–H groups in total. The number of hydrogen-bond acceptors (Lipinski definition) is 0. The predicted octanol–water partition coefficient (Wildman–Crippen LogP) is 4.84. The zero-order chi connectivity index (χ0) is 14.6. The minimum absolute atomic E-state index is 0.382. The van der Waals surface area contributed by atoms with Gasteiger partial charge in [0.25, 0.3) is 0 Å². The van der Waals surface area contributed by atoms with Crippen LogP contribution >= 0.6 is 28.2 Å². The summed E-state index contributed by atoms with van der Waals surface area (Å²) in [4.78, 5) is 0. The predicted molar refractivity (Wildman–Crippen MR) is 91.6 cm³/mol. The molecule has 4 heteroatoms. The van der Waals surface area contributed by atoms with E-state index >= 15 is 0 Å². The summed E-state index contributed by atoms with van der Waals surface area (Å²) in [5.74, 6) is 0. The zero-order valence-electron chi connectivity index (χ0n) is 11.2. The van der Waals surface area contributed by atoms with Gasteiger partial charge >= 0.3 is 33.2 Å². The zero-order valence-corrected chi connectivity index (χ0v) is 14.7. The number of benzene rings is 2. The first-order chi connectivity index (χ1) is 9.83. The summed E-state index contributed by atoms with van der Waals surface area (Å²) in [6.07, 6.45) is 3.54. The Kier molecular flexibility index (Phi) is 10.4. The summed E-state index contributed by atoms with van der Waals surface area (Å²) >= 11 is 0.382. The molecular weight excluding hydrogens is 353 g/mol. The second-order valence-corrected chi connectivity index (χ2v) is 8.55. The molecule has 0 aliphatic heterocycles. The van der Waals surface area contributed by atoms with Crippen molar-refractivity contribution in [2.45, 2.75) is 12.8 Å². The van der Waals surface area contributed by atoms with E-state index in [4.69, 9.17) is 20.3 Å². The van der Waals surface area contributed by atoms with Crippen molar-refractivity contribution in [1.29, 1.82) is 0 Å². The SMILES string of the molecule is [CH2-]CCC[PH+](c1ccccc1)c1ccccc1.[Cl][Co+][Cl]. The summed E-state index contributed by atoms with van der Waals surface area (Å²) in [5, 5.41) is 3.02. The Labute approximate surface area is 138 Å². The Morgan fingerprint density at radius 1 is 0.850 bits per heavy atom. The van der Waals surface area contributed by atoms with Crippen molar-refractivity contribution in [1.82, 2.24) is 0 Å². The molecule has 0 saturated carbocycles. The van der Waals surface area contributed by atoms with Gasteiger partial charge in [0.15, 0.2) is 0 Å². The second kappa shape index (κ2) is 11.6. The van der Waals surface area contributed by atoms with Gasteiger partial charge in [-0.15, -0.1) is 0 Å². The van der Waals surface area contributed by atoms with Crippen molar-refractivity contribution in [2.75, 3.05) is 6.16 Å². The average molecular weight is 372 g/mol. The molecule has 20 heavy (non-hydrogen) atoms. The van der Waals surface area contributed by atoms with Crippen molar-refractivity contribution in [2.24, 2.45) is 0 Å². The fourth-order valence-electron chi connectivity index (χ4n) is 2.04. The molecule has 0 nitrogen and oxygen atoms in total. The van der Waals surface area contributed by atoms with Crippen LogP contribution in [0.2, 0.25) is 0 Å². The molecule has 110 valence electrons. The summed E-state index contributed by atoms with van der Waals surface area (Å²) in [5.41, 5.74) is 0. The second-order valence-electron chi connectivity index (χ2n) is 4.22. The van der Waals surface area contributed by atoms with E-state index in [2.05, 4.69) is 67.6 Å². The van der Waals surface area contributed by atoms with Crippen LogP contribution in [0.3, 0.4) is 0 Å². The molecule has 0 spiro atoms.